The molecule has 4 nitrogen and oxygen atoms in total. The highest BCUT2D eigenvalue weighted by Crippen LogP contribution is 2.41. The smallest absolute Gasteiger partial charge is 0.416 e. The van der Waals surface area contributed by atoms with Crippen molar-refractivity contribution in [2.24, 2.45) is 11.3 Å². The molecule has 0 bridgehead atoms. The van der Waals surface area contributed by atoms with Crippen molar-refractivity contribution in [2.75, 3.05) is 0 Å². The van der Waals surface area contributed by atoms with E-state index in [1.54, 1.807) is 0 Å². The fourth-order valence-corrected chi connectivity index (χ4v) is 3.39. The van der Waals surface area contributed by atoms with E-state index in [4.69, 9.17) is 0 Å². The summed E-state index contributed by atoms with van der Waals surface area (Å²) in [5.74, 6) is -4.38. The minimum Gasteiger partial charge on any atom is -0.511 e. The number of alkyl halides is 6. The molecule has 1 atom stereocenters. The zero-order chi connectivity index (χ0) is 24.1. The second-order valence-corrected chi connectivity index (χ2v) is 7.99. The monoisotopic (exact) mass is 450 g/mol. The van der Waals surface area contributed by atoms with Crippen LogP contribution in [0, 0.1) is 11.3 Å². The Morgan fingerprint density at radius 3 is 2.10 bits per heavy atom. The van der Waals surface area contributed by atoms with E-state index >= 15 is 0 Å². The predicted octanol–water partition coefficient (Wildman–Crippen LogP) is 5.72. The highest BCUT2D eigenvalue weighted by atomic mass is 19.4. The van der Waals surface area contributed by atoms with Crippen molar-refractivity contribution in [1.29, 1.82) is 0 Å². The first-order valence-electron chi connectivity index (χ1n) is 9.11. The van der Waals surface area contributed by atoms with Gasteiger partial charge in [0.15, 0.2) is 11.6 Å². The molecule has 2 N–H and O–H groups in total. The molecule has 1 aromatic rings. The lowest BCUT2D eigenvalue weighted by molar-refractivity contribution is -0.143. The Hall–Kier alpha value is -2.78. The van der Waals surface area contributed by atoms with Gasteiger partial charge in [0, 0.05) is 11.5 Å². The van der Waals surface area contributed by atoms with Gasteiger partial charge in [-0.1, -0.05) is 13.0 Å². The second kappa shape index (κ2) is 7.72. The first kappa shape index (κ1) is 24.5. The zero-order valence-corrected chi connectivity index (χ0v) is 17.0. The number of carbonyl (C=O) groups is 2. The summed E-state index contributed by atoms with van der Waals surface area (Å²) < 4.78 is 78.6. The van der Waals surface area contributed by atoms with Crippen LogP contribution >= 0.6 is 0 Å². The maximum atomic E-state index is 13.4. The molecule has 10 heteroatoms. The standard InChI is InChI=1S/C21H20F6O4/c1-9(15(28)14-16(29)10(2)17(30)19(3,4)18(14)31)7-11-5-6-12(20(22,23)24)8-13(11)21(25,26)27/h5-6,8-9,29-30H,7H2,1-4H3. The van der Waals surface area contributed by atoms with Gasteiger partial charge in [0.2, 0.25) is 0 Å². The molecule has 0 amide bonds. The summed E-state index contributed by atoms with van der Waals surface area (Å²) in [6.45, 7) is 5.11. The molecule has 2 rings (SSSR count). The molecule has 170 valence electrons. The number of Topliss-reactive ketones (excluding diaryl/α,β-unsaturated/α-hetero) is 2. The molecule has 0 aliphatic heterocycles. The van der Waals surface area contributed by atoms with E-state index < -0.39 is 75.5 Å². The van der Waals surface area contributed by atoms with Crippen LogP contribution in [-0.2, 0) is 28.4 Å². The van der Waals surface area contributed by atoms with Crippen LogP contribution in [0.2, 0.25) is 0 Å². The van der Waals surface area contributed by atoms with Gasteiger partial charge in [-0.05, 0) is 44.9 Å². The normalized spacial score (nSPS) is 18.5. The minimum atomic E-state index is -5.10. The molecule has 1 aromatic carbocycles. The van der Waals surface area contributed by atoms with Crippen LogP contribution in [0.3, 0.4) is 0 Å². The van der Waals surface area contributed by atoms with E-state index in [0.717, 1.165) is 0 Å². The van der Waals surface area contributed by atoms with Crippen molar-refractivity contribution in [3.05, 3.63) is 57.6 Å². The van der Waals surface area contributed by atoms with E-state index in [-0.39, 0.29) is 11.6 Å². The van der Waals surface area contributed by atoms with Gasteiger partial charge in [0.05, 0.1) is 16.5 Å². The van der Waals surface area contributed by atoms with Gasteiger partial charge in [-0.2, -0.15) is 26.3 Å². The number of aliphatic hydroxyl groups excluding tert-OH is 2. The number of allylic oxidation sites excluding steroid dienone is 3. The lowest BCUT2D eigenvalue weighted by Gasteiger charge is -2.30. The molecule has 0 saturated carbocycles. The number of carbonyl (C=O) groups excluding carboxylic acids is 2. The highest BCUT2D eigenvalue weighted by Gasteiger charge is 2.45. The fourth-order valence-electron chi connectivity index (χ4n) is 3.39. The number of halogens is 6. The number of hydrogen-bond donors (Lipinski definition) is 2. The Balaban J connectivity index is 2.47. The van der Waals surface area contributed by atoms with Gasteiger partial charge in [0.1, 0.15) is 17.1 Å². The lowest BCUT2D eigenvalue weighted by Crippen LogP contribution is -2.37. The first-order valence-corrected chi connectivity index (χ1v) is 9.11. The van der Waals surface area contributed by atoms with Crippen LogP contribution in [0.25, 0.3) is 0 Å². The average Bonchev–Trinajstić information content (AvgIpc) is 2.63. The van der Waals surface area contributed by atoms with E-state index in [0.29, 0.717) is 12.1 Å². The van der Waals surface area contributed by atoms with E-state index in [1.807, 2.05) is 0 Å². The predicted molar refractivity (Wildman–Crippen MR) is 98.1 cm³/mol. The third-order valence-electron chi connectivity index (χ3n) is 5.30. The van der Waals surface area contributed by atoms with Crippen LogP contribution in [-0.4, -0.2) is 21.8 Å². The Kier molecular flexibility index (Phi) is 6.10. The van der Waals surface area contributed by atoms with E-state index in [2.05, 4.69) is 0 Å². The Labute approximate surface area is 173 Å². The molecule has 0 spiro atoms. The molecule has 31 heavy (non-hydrogen) atoms. The van der Waals surface area contributed by atoms with E-state index in [9.17, 15) is 46.1 Å². The minimum absolute atomic E-state index is 0.0247. The van der Waals surface area contributed by atoms with Gasteiger partial charge in [-0.15, -0.1) is 0 Å². The average molecular weight is 450 g/mol. The molecule has 1 unspecified atom stereocenters. The summed E-state index contributed by atoms with van der Waals surface area (Å²) in [5.41, 5.74) is -5.89. The maximum absolute atomic E-state index is 13.4. The molecule has 0 heterocycles. The number of rotatable bonds is 4. The van der Waals surface area contributed by atoms with Crippen LogP contribution < -0.4 is 0 Å². The van der Waals surface area contributed by atoms with Crippen molar-refractivity contribution in [1.82, 2.24) is 0 Å². The molecular formula is C21H20F6O4. The van der Waals surface area contributed by atoms with Gasteiger partial charge in [0.25, 0.3) is 0 Å². The second-order valence-electron chi connectivity index (χ2n) is 7.99. The number of aliphatic hydroxyl groups is 2. The Bertz CT molecular complexity index is 996. The molecule has 0 saturated heterocycles. The summed E-state index contributed by atoms with van der Waals surface area (Å²) in [6.07, 6.45) is -10.7. The molecular weight excluding hydrogens is 430 g/mol. The van der Waals surface area contributed by atoms with Gasteiger partial charge < -0.3 is 10.2 Å². The maximum Gasteiger partial charge on any atom is 0.416 e. The summed E-state index contributed by atoms with van der Waals surface area (Å²) in [7, 11) is 0. The van der Waals surface area contributed by atoms with Gasteiger partial charge in [-0.3, -0.25) is 9.59 Å². The number of ketones is 2. The van der Waals surface area contributed by atoms with Gasteiger partial charge >= 0.3 is 12.4 Å². The summed E-state index contributed by atoms with van der Waals surface area (Å²) in [5, 5.41) is 20.3. The molecule has 1 aliphatic carbocycles. The molecule has 1 aliphatic rings. The third-order valence-corrected chi connectivity index (χ3v) is 5.30. The number of hydrogen-bond acceptors (Lipinski definition) is 4. The largest absolute Gasteiger partial charge is 0.511 e. The Morgan fingerprint density at radius 2 is 1.61 bits per heavy atom. The van der Waals surface area contributed by atoms with Crippen molar-refractivity contribution in [3.63, 3.8) is 0 Å². The first-order chi connectivity index (χ1) is 13.9. The topological polar surface area (TPSA) is 74.6 Å². The Morgan fingerprint density at radius 1 is 1.06 bits per heavy atom. The van der Waals surface area contributed by atoms with Crippen LogP contribution in [0.1, 0.15) is 44.4 Å². The number of benzene rings is 1. The van der Waals surface area contributed by atoms with Gasteiger partial charge in [-0.25, -0.2) is 0 Å². The van der Waals surface area contributed by atoms with Crippen molar-refractivity contribution < 1.29 is 46.1 Å². The SMILES string of the molecule is CC1=C(O)C(C)(C)C(=O)C(C(=O)C(C)Cc2ccc(C(F)(F)F)cc2C(F)(F)F)=C1O. The summed E-state index contributed by atoms with van der Waals surface area (Å²) >= 11 is 0. The fraction of sp³-hybridized carbons (Fsp3) is 0.429. The highest BCUT2D eigenvalue weighted by molar-refractivity contribution is 6.24. The molecule has 0 radical (unpaired) electrons. The molecule has 0 aromatic heterocycles. The van der Waals surface area contributed by atoms with Crippen molar-refractivity contribution >= 4 is 11.6 Å². The third kappa shape index (κ3) is 4.47. The van der Waals surface area contributed by atoms with Crippen LogP contribution in [0.15, 0.2) is 40.9 Å². The zero-order valence-electron chi connectivity index (χ0n) is 17.0. The van der Waals surface area contributed by atoms with E-state index in [1.165, 1.54) is 27.7 Å². The van der Waals surface area contributed by atoms with Crippen LogP contribution in [0.4, 0.5) is 26.3 Å². The summed E-state index contributed by atoms with van der Waals surface area (Å²) in [4.78, 5) is 25.5. The molecule has 0 fully saturated rings. The van der Waals surface area contributed by atoms with Crippen LogP contribution in [0.5, 0.6) is 0 Å². The quantitative estimate of drug-likeness (QED) is 0.454. The van der Waals surface area contributed by atoms with Crippen molar-refractivity contribution in [2.45, 2.75) is 46.5 Å². The summed E-state index contributed by atoms with van der Waals surface area (Å²) in [6, 6.07) is 1.11. The van der Waals surface area contributed by atoms with Crippen molar-refractivity contribution in [3.8, 4) is 0 Å². The lowest BCUT2D eigenvalue weighted by atomic mass is 9.73.